The Morgan fingerprint density at radius 3 is 2.40 bits per heavy atom. The van der Waals surface area contributed by atoms with Gasteiger partial charge in [0.15, 0.2) is 0 Å². The van der Waals surface area contributed by atoms with Gasteiger partial charge in [0, 0.05) is 5.41 Å². The van der Waals surface area contributed by atoms with E-state index in [1.165, 1.54) is 5.56 Å². The standard InChI is InChI=1S/C14H20O/c1-12(14(2,3)11-15)9-10-13-7-5-4-6-8-13/h4-8,11-12H,9-10H2,1-3H3. The summed E-state index contributed by atoms with van der Waals surface area (Å²) in [6.45, 7) is 6.17. The second-order valence-electron chi connectivity index (χ2n) is 4.86. The maximum absolute atomic E-state index is 10.9. The van der Waals surface area contributed by atoms with Crippen molar-refractivity contribution in [3.05, 3.63) is 35.9 Å². The van der Waals surface area contributed by atoms with E-state index in [0.717, 1.165) is 19.1 Å². The maximum atomic E-state index is 10.9. The van der Waals surface area contributed by atoms with Crippen LogP contribution in [0.1, 0.15) is 32.8 Å². The van der Waals surface area contributed by atoms with Crippen LogP contribution in [0, 0.1) is 11.3 Å². The molecule has 0 amide bonds. The first-order chi connectivity index (χ1) is 7.06. The van der Waals surface area contributed by atoms with Gasteiger partial charge in [-0.05, 0) is 24.3 Å². The van der Waals surface area contributed by atoms with Crippen LogP contribution in [0.3, 0.4) is 0 Å². The molecule has 15 heavy (non-hydrogen) atoms. The number of rotatable bonds is 5. The smallest absolute Gasteiger partial charge is 0.125 e. The van der Waals surface area contributed by atoms with Crippen molar-refractivity contribution >= 4 is 6.29 Å². The predicted molar refractivity (Wildman–Crippen MR) is 63.8 cm³/mol. The summed E-state index contributed by atoms with van der Waals surface area (Å²) in [6, 6.07) is 10.4. The molecule has 0 N–H and O–H groups in total. The third-order valence-corrected chi connectivity index (χ3v) is 3.28. The molecule has 0 bridgehead atoms. The summed E-state index contributed by atoms with van der Waals surface area (Å²) in [5.41, 5.74) is 1.15. The van der Waals surface area contributed by atoms with E-state index < -0.39 is 0 Å². The molecule has 0 aliphatic carbocycles. The van der Waals surface area contributed by atoms with Crippen molar-refractivity contribution in [2.24, 2.45) is 11.3 Å². The largest absolute Gasteiger partial charge is 0.303 e. The van der Waals surface area contributed by atoms with E-state index in [1.54, 1.807) is 0 Å². The molecule has 82 valence electrons. The second-order valence-corrected chi connectivity index (χ2v) is 4.86. The molecule has 1 aromatic carbocycles. The number of carbonyl (C=O) groups excluding carboxylic acids is 1. The topological polar surface area (TPSA) is 17.1 Å². The van der Waals surface area contributed by atoms with E-state index in [-0.39, 0.29) is 5.41 Å². The SMILES string of the molecule is CC(CCc1ccccc1)C(C)(C)C=O. The first-order valence-electron chi connectivity index (χ1n) is 5.56. The molecule has 1 aromatic rings. The average Bonchev–Trinajstić information content (AvgIpc) is 2.27. The highest BCUT2D eigenvalue weighted by Gasteiger charge is 2.24. The number of aldehydes is 1. The lowest BCUT2D eigenvalue weighted by atomic mass is 9.78. The third kappa shape index (κ3) is 3.50. The Balaban J connectivity index is 2.48. The first kappa shape index (κ1) is 12.0. The number of benzene rings is 1. The zero-order valence-corrected chi connectivity index (χ0v) is 9.86. The summed E-state index contributed by atoms with van der Waals surface area (Å²) >= 11 is 0. The molecule has 1 nitrogen and oxygen atoms in total. The Hall–Kier alpha value is -1.11. The van der Waals surface area contributed by atoms with Gasteiger partial charge in [0.25, 0.3) is 0 Å². The molecule has 0 heterocycles. The van der Waals surface area contributed by atoms with Crippen LogP contribution in [0.4, 0.5) is 0 Å². The number of hydrogen-bond acceptors (Lipinski definition) is 1. The summed E-state index contributed by atoms with van der Waals surface area (Å²) in [5.74, 6) is 0.426. The van der Waals surface area contributed by atoms with E-state index in [9.17, 15) is 4.79 Å². The second kappa shape index (κ2) is 5.11. The molecule has 0 saturated carbocycles. The van der Waals surface area contributed by atoms with Gasteiger partial charge in [-0.1, -0.05) is 51.1 Å². The Morgan fingerprint density at radius 1 is 1.27 bits per heavy atom. The van der Waals surface area contributed by atoms with Gasteiger partial charge in [0.2, 0.25) is 0 Å². The molecule has 0 spiro atoms. The fourth-order valence-corrected chi connectivity index (χ4v) is 1.52. The van der Waals surface area contributed by atoms with Gasteiger partial charge in [0.05, 0.1) is 0 Å². The van der Waals surface area contributed by atoms with Crippen LogP contribution >= 0.6 is 0 Å². The van der Waals surface area contributed by atoms with Crippen molar-refractivity contribution in [3.63, 3.8) is 0 Å². The van der Waals surface area contributed by atoms with Crippen LogP contribution in [0.5, 0.6) is 0 Å². The summed E-state index contributed by atoms with van der Waals surface area (Å²) in [4.78, 5) is 10.9. The van der Waals surface area contributed by atoms with Crippen LogP contribution in [0.2, 0.25) is 0 Å². The highest BCUT2D eigenvalue weighted by molar-refractivity contribution is 5.58. The van der Waals surface area contributed by atoms with E-state index in [1.807, 2.05) is 19.9 Å². The number of carbonyl (C=O) groups is 1. The number of hydrogen-bond donors (Lipinski definition) is 0. The van der Waals surface area contributed by atoms with Crippen LogP contribution in [0.15, 0.2) is 30.3 Å². The zero-order valence-electron chi connectivity index (χ0n) is 9.86. The lowest BCUT2D eigenvalue weighted by Crippen LogP contribution is -2.23. The van der Waals surface area contributed by atoms with E-state index in [4.69, 9.17) is 0 Å². The molecule has 0 fully saturated rings. The lowest BCUT2D eigenvalue weighted by Gasteiger charge is -2.25. The molecule has 0 radical (unpaired) electrons. The first-order valence-corrected chi connectivity index (χ1v) is 5.56. The van der Waals surface area contributed by atoms with Gasteiger partial charge < -0.3 is 4.79 Å². The molecule has 0 aromatic heterocycles. The van der Waals surface area contributed by atoms with Crippen molar-refractivity contribution in [3.8, 4) is 0 Å². The predicted octanol–water partition coefficient (Wildman–Crippen LogP) is 3.48. The third-order valence-electron chi connectivity index (χ3n) is 3.28. The van der Waals surface area contributed by atoms with Crippen molar-refractivity contribution in [1.29, 1.82) is 0 Å². The molecule has 1 rings (SSSR count). The van der Waals surface area contributed by atoms with E-state index in [0.29, 0.717) is 5.92 Å². The molecule has 1 atom stereocenters. The average molecular weight is 204 g/mol. The summed E-state index contributed by atoms with van der Waals surface area (Å²) in [5, 5.41) is 0. The molecular formula is C14H20O. The van der Waals surface area contributed by atoms with Crippen LogP contribution in [0.25, 0.3) is 0 Å². The van der Waals surface area contributed by atoms with Crippen molar-refractivity contribution in [1.82, 2.24) is 0 Å². The highest BCUT2D eigenvalue weighted by Crippen LogP contribution is 2.27. The van der Waals surface area contributed by atoms with Crippen molar-refractivity contribution in [2.45, 2.75) is 33.6 Å². The molecule has 0 aliphatic heterocycles. The summed E-state index contributed by atoms with van der Waals surface area (Å²) in [6.07, 6.45) is 3.19. The van der Waals surface area contributed by atoms with Gasteiger partial charge in [-0.3, -0.25) is 0 Å². The monoisotopic (exact) mass is 204 g/mol. The molecular weight excluding hydrogens is 184 g/mol. The van der Waals surface area contributed by atoms with E-state index >= 15 is 0 Å². The molecule has 0 saturated heterocycles. The Morgan fingerprint density at radius 2 is 1.87 bits per heavy atom. The van der Waals surface area contributed by atoms with Crippen molar-refractivity contribution in [2.75, 3.05) is 0 Å². The zero-order chi connectivity index (χ0) is 11.3. The van der Waals surface area contributed by atoms with Crippen LogP contribution < -0.4 is 0 Å². The fourth-order valence-electron chi connectivity index (χ4n) is 1.52. The minimum atomic E-state index is -0.200. The lowest BCUT2D eigenvalue weighted by molar-refractivity contribution is -0.116. The fraction of sp³-hybridized carbons (Fsp3) is 0.500. The summed E-state index contributed by atoms with van der Waals surface area (Å²) < 4.78 is 0. The highest BCUT2D eigenvalue weighted by atomic mass is 16.1. The van der Waals surface area contributed by atoms with Crippen LogP contribution in [-0.4, -0.2) is 6.29 Å². The Kier molecular flexibility index (Phi) is 4.07. The van der Waals surface area contributed by atoms with Gasteiger partial charge >= 0.3 is 0 Å². The van der Waals surface area contributed by atoms with Gasteiger partial charge in [0.1, 0.15) is 6.29 Å². The minimum absolute atomic E-state index is 0.200. The quantitative estimate of drug-likeness (QED) is 0.671. The molecule has 1 unspecified atom stereocenters. The van der Waals surface area contributed by atoms with Gasteiger partial charge in [-0.25, -0.2) is 0 Å². The Bertz CT molecular complexity index is 300. The van der Waals surface area contributed by atoms with E-state index in [2.05, 4.69) is 31.2 Å². The van der Waals surface area contributed by atoms with Gasteiger partial charge in [-0.15, -0.1) is 0 Å². The Labute approximate surface area is 92.5 Å². The summed E-state index contributed by atoms with van der Waals surface area (Å²) in [7, 11) is 0. The maximum Gasteiger partial charge on any atom is 0.125 e. The molecule has 0 aliphatic rings. The van der Waals surface area contributed by atoms with Gasteiger partial charge in [-0.2, -0.15) is 0 Å². The van der Waals surface area contributed by atoms with Crippen molar-refractivity contribution < 1.29 is 4.79 Å². The minimum Gasteiger partial charge on any atom is -0.303 e. The number of aryl methyl sites for hydroxylation is 1. The molecule has 1 heteroatoms. The normalized spacial score (nSPS) is 13.5. The van der Waals surface area contributed by atoms with Crippen LogP contribution in [-0.2, 0) is 11.2 Å².